The van der Waals surface area contributed by atoms with Crippen molar-refractivity contribution in [3.63, 3.8) is 0 Å². The average Bonchev–Trinajstić information content (AvgIpc) is 2.88. The predicted molar refractivity (Wildman–Crippen MR) is 109 cm³/mol. The topological polar surface area (TPSA) is 103 Å². The molecule has 2 unspecified atom stereocenters. The summed E-state index contributed by atoms with van der Waals surface area (Å²) in [5.41, 5.74) is -3.58. The Bertz CT molecular complexity index is 1330. The summed E-state index contributed by atoms with van der Waals surface area (Å²) in [7, 11) is -3.68. The van der Waals surface area contributed by atoms with Crippen LogP contribution in [0.4, 0.5) is 96.6 Å². The lowest BCUT2D eigenvalue weighted by molar-refractivity contribution is -0.489. The van der Waals surface area contributed by atoms with Crippen molar-refractivity contribution in [1.29, 1.82) is 0 Å². The van der Waals surface area contributed by atoms with Gasteiger partial charge >= 0.3 is 67.6 Å². The molecule has 0 heterocycles. The second-order valence-electron chi connectivity index (χ2n) is 8.90. The maximum absolute atomic E-state index is 15.5. The summed E-state index contributed by atoms with van der Waals surface area (Å²) >= 11 is 0. The van der Waals surface area contributed by atoms with E-state index < -0.39 is 121 Å². The zero-order chi connectivity index (χ0) is 39.3. The molecule has 0 saturated heterocycles. The van der Waals surface area contributed by atoms with Gasteiger partial charge in [-0.2, -0.15) is 96.6 Å². The molecular formula is C19H11BF22N2O5. The maximum Gasteiger partial charge on any atom is 0.514 e. The fraction of sp³-hybridized carbons (Fsp3) is 0.632. The van der Waals surface area contributed by atoms with Crippen LogP contribution in [-0.4, -0.2) is 73.4 Å². The van der Waals surface area contributed by atoms with Gasteiger partial charge in [-0.05, 0) is 11.5 Å². The van der Waals surface area contributed by atoms with Gasteiger partial charge < -0.3 is 10.8 Å². The molecule has 0 fully saturated rings. The first-order valence-corrected chi connectivity index (χ1v) is 11.4. The molecule has 0 radical (unpaired) electrons. The van der Waals surface area contributed by atoms with Crippen LogP contribution in [0.2, 0.25) is 0 Å². The highest BCUT2D eigenvalue weighted by Crippen LogP contribution is 2.56. The van der Waals surface area contributed by atoms with Crippen LogP contribution in [0, 0.1) is 0 Å². The molecule has 1 aromatic carbocycles. The average molecular weight is 776 g/mol. The Morgan fingerprint density at radius 3 is 1.39 bits per heavy atom. The molecular weight excluding hydrogens is 765 g/mol. The molecule has 1 aromatic rings. The summed E-state index contributed by atoms with van der Waals surface area (Å²) in [6.45, 7) is -0.614. The number of hydrogen-bond acceptors (Lipinski definition) is 6. The Balaban J connectivity index is 4.29. The number of amides is 1. The van der Waals surface area contributed by atoms with Crippen LogP contribution in [0.5, 0.6) is 0 Å². The van der Waals surface area contributed by atoms with Crippen LogP contribution in [0.3, 0.4) is 0 Å². The predicted octanol–water partition coefficient (Wildman–Crippen LogP) is 5.75. The molecule has 0 aliphatic carbocycles. The number of halogens is 22. The molecule has 0 bridgehead atoms. The first kappa shape index (κ1) is 44.0. The largest absolute Gasteiger partial charge is 0.514 e. The lowest BCUT2D eigenvalue weighted by Crippen LogP contribution is -2.60. The Kier molecular flexibility index (Phi) is 11.9. The van der Waals surface area contributed by atoms with Crippen LogP contribution in [0.25, 0.3) is 0 Å². The molecule has 284 valence electrons. The van der Waals surface area contributed by atoms with E-state index >= 15 is 8.78 Å². The third kappa shape index (κ3) is 8.33. The molecule has 0 aliphatic heterocycles. The minimum atomic E-state index is -7.88. The van der Waals surface area contributed by atoms with Crippen molar-refractivity contribution in [1.82, 2.24) is 5.48 Å². The Hall–Kier alpha value is -2.99. The van der Waals surface area contributed by atoms with Gasteiger partial charge in [0, 0.05) is 24.1 Å². The van der Waals surface area contributed by atoms with E-state index in [0.717, 1.165) is 5.48 Å². The van der Waals surface area contributed by atoms with E-state index in [-0.39, 0.29) is 0 Å². The first-order chi connectivity index (χ1) is 21.4. The van der Waals surface area contributed by atoms with Gasteiger partial charge in [-0.1, -0.05) is 12.1 Å². The highest BCUT2D eigenvalue weighted by molar-refractivity contribution is 6.60. The molecule has 0 aliphatic rings. The van der Waals surface area contributed by atoms with Crippen LogP contribution >= 0.6 is 0 Å². The Labute approximate surface area is 254 Å². The fourth-order valence-corrected chi connectivity index (χ4v) is 2.97. The van der Waals surface area contributed by atoms with E-state index in [4.69, 9.17) is 5.73 Å². The van der Waals surface area contributed by atoms with Crippen LogP contribution in [-0.2, 0) is 30.7 Å². The molecule has 1 rings (SSSR count). The van der Waals surface area contributed by atoms with E-state index in [1.807, 2.05) is 9.47 Å². The summed E-state index contributed by atoms with van der Waals surface area (Å²) in [5.74, 6) is -31.5. The van der Waals surface area contributed by atoms with Gasteiger partial charge in [0.15, 0.2) is 0 Å². The third-order valence-corrected chi connectivity index (χ3v) is 5.40. The molecule has 49 heavy (non-hydrogen) atoms. The van der Waals surface area contributed by atoms with Gasteiger partial charge in [0.1, 0.15) is 0 Å². The van der Waals surface area contributed by atoms with Gasteiger partial charge in [0.05, 0.1) is 0 Å². The second kappa shape index (κ2) is 13.3. The molecule has 1 amide bonds. The standard InChI is InChI=1S/C19H11BF22N2O5/c21-10(14(27,28)29,47-18(39,40)12(23,24)16(33,34)35)6-1-2-8(20(46)49-44-9(45)3-4-43)7(5-6)11(22,15(30,31)32)48-19(41,42)13(25,26)17(36,37)38/h1-2,5,46H,3-4,43H2,(H,44,45). The van der Waals surface area contributed by atoms with Crippen molar-refractivity contribution in [3.8, 4) is 0 Å². The number of nitrogens with two attached hydrogens (primary N) is 1. The number of alkyl halides is 22. The van der Waals surface area contributed by atoms with Crippen molar-refractivity contribution < 1.29 is 121 Å². The monoisotopic (exact) mass is 776 g/mol. The molecule has 7 nitrogen and oxygen atoms in total. The third-order valence-electron chi connectivity index (χ3n) is 5.40. The van der Waals surface area contributed by atoms with Crippen molar-refractivity contribution in [2.75, 3.05) is 6.54 Å². The van der Waals surface area contributed by atoms with Crippen LogP contribution in [0.1, 0.15) is 17.5 Å². The molecule has 0 saturated carbocycles. The Morgan fingerprint density at radius 2 is 1.04 bits per heavy atom. The maximum atomic E-state index is 15.5. The van der Waals surface area contributed by atoms with Crippen molar-refractivity contribution in [2.45, 2.75) is 66.9 Å². The summed E-state index contributed by atoms with van der Waals surface area (Å²) < 4.78 is 304. The second-order valence-corrected chi connectivity index (χ2v) is 8.90. The van der Waals surface area contributed by atoms with E-state index in [2.05, 4.69) is 4.76 Å². The van der Waals surface area contributed by atoms with Crippen molar-refractivity contribution in [2.24, 2.45) is 5.73 Å². The minimum absolute atomic E-state index is 0.614. The SMILES string of the molecule is NCCC(=O)NOB(O)c1ccc(C(F)(OC(F)(F)C(F)(F)C(F)(F)F)C(F)(F)F)cc1C(F)(OC(F)(F)C(F)(F)C(F)(F)F)C(F)(F)F. The lowest BCUT2D eigenvalue weighted by Gasteiger charge is -2.38. The van der Waals surface area contributed by atoms with Crippen LogP contribution in [0.15, 0.2) is 18.2 Å². The first-order valence-electron chi connectivity index (χ1n) is 11.4. The lowest BCUT2D eigenvalue weighted by atomic mass is 9.73. The molecule has 2 atom stereocenters. The van der Waals surface area contributed by atoms with Crippen molar-refractivity contribution >= 4 is 18.5 Å². The summed E-state index contributed by atoms with van der Waals surface area (Å²) in [5, 5.41) is 9.91. The number of ether oxygens (including phenoxy) is 2. The smallest absolute Gasteiger partial charge is 0.422 e. The van der Waals surface area contributed by atoms with E-state index in [9.17, 15) is 97.6 Å². The summed E-state index contributed by atoms with van der Waals surface area (Å²) in [6, 6.07) is -3.65. The van der Waals surface area contributed by atoms with E-state index in [1.165, 1.54) is 0 Å². The van der Waals surface area contributed by atoms with Gasteiger partial charge in [0.25, 0.3) is 0 Å². The molecule has 0 aromatic heterocycles. The number of carbonyl (C=O) groups excluding carboxylic acids is 1. The van der Waals surface area contributed by atoms with Gasteiger partial charge in [0.2, 0.25) is 5.91 Å². The molecule has 30 heteroatoms. The zero-order valence-corrected chi connectivity index (χ0v) is 22.2. The van der Waals surface area contributed by atoms with Crippen LogP contribution < -0.4 is 16.7 Å². The minimum Gasteiger partial charge on any atom is -0.422 e. The number of hydroxylamine groups is 1. The van der Waals surface area contributed by atoms with E-state index in [0.29, 0.717) is 0 Å². The Morgan fingerprint density at radius 1 is 0.653 bits per heavy atom. The normalized spacial score (nSPS) is 17.0. The number of rotatable bonds is 13. The number of nitrogens with one attached hydrogen (secondary N) is 1. The quantitative estimate of drug-likeness (QED) is 0.134. The number of benzene rings is 1. The zero-order valence-electron chi connectivity index (χ0n) is 22.2. The highest BCUT2D eigenvalue weighted by Gasteiger charge is 2.80. The van der Waals surface area contributed by atoms with Gasteiger partial charge in [-0.25, -0.2) is 5.48 Å². The summed E-state index contributed by atoms with van der Waals surface area (Å²) in [4.78, 5) is 11.4. The molecule has 4 N–H and O–H groups in total. The van der Waals surface area contributed by atoms with Crippen molar-refractivity contribution in [3.05, 3.63) is 29.3 Å². The summed E-state index contributed by atoms with van der Waals surface area (Å²) in [6.07, 6.45) is -46.8. The number of hydrogen-bond donors (Lipinski definition) is 3. The molecule has 0 spiro atoms. The number of carbonyl (C=O) groups is 1. The van der Waals surface area contributed by atoms with Gasteiger partial charge in [-0.15, -0.1) is 0 Å². The van der Waals surface area contributed by atoms with E-state index in [1.54, 1.807) is 0 Å². The fourth-order valence-electron chi connectivity index (χ4n) is 2.97. The highest BCUT2D eigenvalue weighted by atomic mass is 19.4. The van der Waals surface area contributed by atoms with Gasteiger partial charge in [-0.3, -0.25) is 19.0 Å².